The van der Waals surface area contributed by atoms with Gasteiger partial charge in [0.1, 0.15) is 12.6 Å². The van der Waals surface area contributed by atoms with Crippen molar-refractivity contribution in [3.8, 4) is 0 Å². The number of rotatable bonds is 10. The zero-order valence-corrected chi connectivity index (χ0v) is 26.6. The van der Waals surface area contributed by atoms with Crippen molar-refractivity contribution in [2.75, 3.05) is 23.7 Å². The molecule has 228 valence electrons. The first kappa shape index (κ1) is 30.6. The Balaban J connectivity index is 1.36. The van der Waals surface area contributed by atoms with E-state index in [0.29, 0.717) is 18.7 Å². The van der Waals surface area contributed by atoms with Gasteiger partial charge in [0.05, 0.1) is 11.9 Å². The van der Waals surface area contributed by atoms with Crippen molar-refractivity contribution >= 4 is 27.5 Å². The molecule has 0 spiro atoms. The van der Waals surface area contributed by atoms with Crippen LogP contribution in [0.15, 0.2) is 54.6 Å². The highest BCUT2D eigenvalue weighted by Gasteiger charge is 2.51. The number of hydrogen-bond donors (Lipinski definition) is 1. The number of benzene rings is 2. The maximum atomic E-state index is 13.8. The van der Waals surface area contributed by atoms with Crippen molar-refractivity contribution in [1.29, 1.82) is 0 Å². The minimum Gasteiger partial charge on any atom is -0.350 e. The molecule has 4 fully saturated rings. The number of anilines is 1. The number of sulfonamides is 1. The lowest BCUT2D eigenvalue weighted by Crippen LogP contribution is -2.55. The molecule has 1 N–H and O–H groups in total. The Morgan fingerprint density at radius 1 is 0.929 bits per heavy atom. The Morgan fingerprint density at radius 2 is 1.48 bits per heavy atom. The highest BCUT2D eigenvalue weighted by atomic mass is 32.2. The molecule has 4 aliphatic carbocycles. The van der Waals surface area contributed by atoms with Crippen LogP contribution in [0.2, 0.25) is 0 Å². The lowest BCUT2D eigenvalue weighted by Gasteiger charge is -2.57. The molecule has 6 rings (SSSR count). The summed E-state index contributed by atoms with van der Waals surface area (Å²) in [7, 11) is -3.76. The third-order valence-electron chi connectivity index (χ3n) is 9.63. The zero-order valence-electron chi connectivity index (χ0n) is 25.8. The van der Waals surface area contributed by atoms with E-state index in [1.54, 1.807) is 6.92 Å². The third kappa shape index (κ3) is 6.85. The molecule has 2 amide bonds. The van der Waals surface area contributed by atoms with Gasteiger partial charge in [0.15, 0.2) is 0 Å². The highest BCUT2D eigenvalue weighted by Crippen LogP contribution is 2.60. The zero-order chi connectivity index (χ0) is 30.3. The number of carbonyl (C=O) groups excluding carboxylic acids is 2. The van der Waals surface area contributed by atoms with Crippen LogP contribution < -0.4 is 9.62 Å². The standard InChI is InChI=1S/C34H47N3O4S/c1-24(32(39)35-33(2,3)4)36(16-15-25-9-7-6-8-10-25)31(38)23-37(42(5,40)41)30-13-11-29(12-14-30)34-20-26-17-27(21-34)19-28(18-26)22-34/h6-14,24,26-28H,15-23H2,1-5H3,(H,35,39)/t24-,26?,27?,28?,34?/m0/s1. The lowest BCUT2D eigenvalue weighted by molar-refractivity contribution is -0.139. The van der Waals surface area contributed by atoms with Crippen LogP contribution in [0, 0.1) is 17.8 Å². The van der Waals surface area contributed by atoms with Gasteiger partial charge in [0.25, 0.3) is 0 Å². The molecule has 0 aliphatic heterocycles. The second-order valence-electron chi connectivity index (χ2n) is 14.3. The summed E-state index contributed by atoms with van der Waals surface area (Å²) in [4.78, 5) is 28.5. The topological polar surface area (TPSA) is 86.8 Å². The molecule has 4 saturated carbocycles. The number of nitrogens with zero attached hydrogens (tertiary/aromatic N) is 2. The summed E-state index contributed by atoms with van der Waals surface area (Å²) in [5.74, 6) is 1.79. The first-order valence-corrected chi connectivity index (χ1v) is 17.3. The van der Waals surface area contributed by atoms with Gasteiger partial charge in [-0.3, -0.25) is 13.9 Å². The lowest BCUT2D eigenvalue weighted by atomic mass is 9.48. The predicted molar refractivity (Wildman–Crippen MR) is 168 cm³/mol. The monoisotopic (exact) mass is 593 g/mol. The Morgan fingerprint density at radius 3 is 1.98 bits per heavy atom. The van der Waals surface area contributed by atoms with Gasteiger partial charge in [-0.1, -0.05) is 42.5 Å². The maximum Gasteiger partial charge on any atom is 0.244 e. The van der Waals surface area contributed by atoms with Gasteiger partial charge in [0, 0.05) is 12.1 Å². The van der Waals surface area contributed by atoms with E-state index in [9.17, 15) is 18.0 Å². The summed E-state index contributed by atoms with van der Waals surface area (Å²) < 4.78 is 27.3. The number of nitrogens with one attached hydrogen (secondary N) is 1. The van der Waals surface area contributed by atoms with Crippen molar-refractivity contribution in [1.82, 2.24) is 10.2 Å². The summed E-state index contributed by atoms with van der Waals surface area (Å²) in [5.41, 5.74) is 2.58. The number of carbonyl (C=O) groups is 2. The number of hydrogen-bond acceptors (Lipinski definition) is 4. The van der Waals surface area contributed by atoms with Crippen molar-refractivity contribution in [3.05, 3.63) is 65.7 Å². The summed E-state index contributed by atoms with van der Waals surface area (Å²) in [6, 6.07) is 16.9. The average Bonchev–Trinajstić information content (AvgIpc) is 2.90. The molecule has 7 nitrogen and oxygen atoms in total. The molecule has 0 aromatic heterocycles. The van der Waals surface area contributed by atoms with Crippen LogP contribution in [0.25, 0.3) is 0 Å². The van der Waals surface area contributed by atoms with Gasteiger partial charge in [-0.25, -0.2) is 8.42 Å². The van der Waals surface area contributed by atoms with Crippen LogP contribution in [0.4, 0.5) is 5.69 Å². The minimum absolute atomic E-state index is 0.211. The predicted octanol–water partition coefficient (Wildman–Crippen LogP) is 5.29. The van der Waals surface area contributed by atoms with Gasteiger partial charge in [0.2, 0.25) is 21.8 Å². The van der Waals surface area contributed by atoms with Gasteiger partial charge >= 0.3 is 0 Å². The Kier molecular flexibility index (Phi) is 8.49. The molecule has 42 heavy (non-hydrogen) atoms. The summed E-state index contributed by atoms with van der Waals surface area (Å²) in [6.07, 6.45) is 9.50. The minimum atomic E-state index is -3.76. The van der Waals surface area contributed by atoms with E-state index in [0.717, 1.165) is 29.6 Å². The van der Waals surface area contributed by atoms with Crippen LogP contribution in [-0.2, 0) is 31.4 Å². The molecule has 0 heterocycles. The van der Waals surface area contributed by atoms with Crippen LogP contribution in [0.3, 0.4) is 0 Å². The molecule has 2 aromatic carbocycles. The van der Waals surface area contributed by atoms with E-state index in [1.165, 1.54) is 53.3 Å². The van der Waals surface area contributed by atoms with E-state index in [-0.39, 0.29) is 17.9 Å². The third-order valence-corrected chi connectivity index (χ3v) is 10.8. The smallest absolute Gasteiger partial charge is 0.244 e. The van der Waals surface area contributed by atoms with Crippen LogP contribution >= 0.6 is 0 Å². The van der Waals surface area contributed by atoms with Crippen molar-refractivity contribution in [2.45, 2.75) is 89.6 Å². The fourth-order valence-electron chi connectivity index (χ4n) is 8.10. The van der Waals surface area contributed by atoms with E-state index < -0.39 is 27.5 Å². The van der Waals surface area contributed by atoms with E-state index in [2.05, 4.69) is 17.4 Å². The molecular formula is C34H47N3O4S. The first-order chi connectivity index (χ1) is 19.7. The van der Waals surface area contributed by atoms with Gasteiger partial charge < -0.3 is 10.2 Å². The highest BCUT2D eigenvalue weighted by molar-refractivity contribution is 7.92. The van der Waals surface area contributed by atoms with E-state index >= 15 is 0 Å². The molecule has 2 aromatic rings. The molecule has 0 radical (unpaired) electrons. The number of amides is 2. The molecular weight excluding hydrogens is 546 g/mol. The Hall–Kier alpha value is -2.87. The second kappa shape index (κ2) is 11.7. The first-order valence-electron chi connectivity index (χ1n) is 15.5. The van der Waals surface area contributed by atoms with E-state index in [4.69, 9.17) is 0 Å². The van der Waals surface area contributed by atoms with Gasteiger partial charge in [-0.05, 0) is 119 Å². The Labute approximate surface area is 252 Å². The summed E-state index contributed by atoms with van der Waals surface area (Å²) >= 11 is 0. The molecule has 8 heteroatoms. The quantitative estimate of drug-likeness (QED) is 0.405. The van der Waals surface area contributed by atoms with Gasteiger partial charge in [-0.2, -0.15) is 0 Å². The van der Waals surface area contributed by atoms with E-state index in [1.807, 2.05) is 63.2 Å². The normalized spacial score (nSPS) is 25.6. The van der Waals surface area contributed by atoms with Crippen molar-refractivity contribution in [2.24, 2.45) is 17.8 Å². The molecule has 0 unspecified atom stereocenters. The molecule has 0 saturated heterocycles. The summed E-state index contributed by atoms with van der Waals surface area (Å²) in [5, 5.41) is 2.96. The average molecular weight is 594 g/mol. The molecule has 4 aliphatic rings. The maximum absolute atomic E-state index is 13.8. The molecule has 4 bridgehead atoms. The SMILES string of the molecule is C[C@@H](C(=O)NC(C)(C)C)N(CCc1ccccc1)C(=O)CN(c1ccc(C23CC4CC(CC(C4)C2)C3)cc1)S(C)(=O)=O. The van der Waals surface area contributed by atoms with Crippen molar-refractivity contribution in [3.63, 3.8) is 0 Å². The van der Waals surface area contributed by atoms with Crippen LogP contribution in [-0.4, -0.2) is 56.1 Å². The van der Waals surface area contributed by atoms with Gasteiger partial charge in [-0.15, -0.1) is 0 Å². The molecule has 1 atom stereocenters. The fourth-order valence-corrected chi connectivity index (χ4v) is 8.95. The summed E-state index contributed by atoms with van der Waals surface area (Å²) in [6.45, 7) is 7.32. The van der Waals surface area contributed by atoms with Crippen LogP contribution in [0.1, 0.15) is 77.3 Å². The van der Waals surface area contributed by atoms with Crippen LogP contribution in [0.5, 0.6) is 0 Å². The Bertz CT molecular complexity index is 1350. The fraction of sp³-hybridized carbons (Fsp3) is 0.588. The second-order valence-corrected chi connectivity index (χ2v) is 16.2. The largest absolute Gasteiger partial charge is 0.350 e. The van der Waals surface area contributed by atoms with Crippen molar-refractivity contribution < 1.29 is 18.0 Å².